The molecule has 0 bridgehead atoms. The molecular weight excluding hydrogens is 248 g/mol. The van der Waals surface area contributed by atoms with E-state index in [9.17, 15) is 4.79 Å². The average molecular weight is 267 g/mol. The molecule has 1 fully saturated rings. The largest absolute Gasteiger partial charge is 0.398 e. The van der Waals surface area contributed by atoms with Crippen molar-refractivity contribution < 1.29 is 4.79 Å². The molecule has 1 aliphatic carbocycles. The predicted molar refractivity (Wildman–Crippen MR) is 74.8 cm³/mol. The molecule has 1 aromatic rings. The molecule has 0 atom stereocenters. The summed E-state index contributed by atoms with van der Waals surface area (Å²) in [7, 11) is 0. The fourth-order valence-corrected chi connectivity index (χ4v) is 2.84. The second-order valence-electron chi connectivity index (χ2n) is 5.28. The van der Waals surface area contributed by atoms with Crippen LogP contribution < -0.4 is 11.1 Å². The summed E-state index contributed by atoms with van der Waals surface area (Å²) in [5, 5.41) is 3.50. The van der Waals surface area contributed by atoms with Crippen molar-refractivity contribution in [2.45, 2.75) is 44.6 Å². The van der Waals surface area contributed by atoms with E-state index in [0.29, 0.717) is 16.3 Å². The highest BCUT2D eigenvalue weighted by molar-refractivity contribution is 6.34. The lowest BCUT2D eigenvalue weighted by molar-refractivity contribution is 0.0884. The van der Waals surface area contributed by atoms with Gasteiger partial charge in [0.25, 0.3) is 5.91 Å². The first-order valence-electron chi connectivity index (χ1n) is 6.38. The Hall–Kier alpha value is -1.22. The minimum atomic E-state index is -0.164. The zero-order valence-electron chi connectivity index (χ0n) is 10.6. The fourth-order valence-electron chi connectivity index (χ4n) is 2.57. The van der Waals surface area contributed by atoms with Crippen LogP contribution in [0.1, 0.15) is 49.4 Å². The van der Waals surface area contributed by atoms with Gasteiger partial charge in [-0.05, 0) is 31.9 Å². The van der Waals surface area contributed by atoms with Crippen molar-refractivity contribution in [2.75, 3.05) is 5.73 Å². The number of halogens is 1. The highest BCUT2D eigenvalue weighted by atomic mass is 35.5. The van der Waals surface area contributed by atoms with Crippen LogP contribution in [0.3, 0.4) is 0 Å². The third kappa shape index (κ3) is 2.78. The Kier molecular flexibility index (Phi) is 3.81. The van der Waals surface area contributed by atoms with E-state index < -0.39 is 0 Å². The summed E-state index contributed by atoms with van der Waals surface area (Å²) in [5.74, 6) is -0.164. The zero-order chi connectivity index (χ0) is 13.2. The van der Waals surface area contributed by atoms with Gasteiger partial charge in [-0.15, -0.1) is 0 Å². The molecule has 1 saturated carbocycles. The van der Waals surface area contributed by atoms with E-state index in [1.807, 2.05) is 0 Å². The molecule has 18 heavy (non-hydrogen) atoms. The van der Waals surface area contributed by atoms with Gasteiger partial charge >= 0.3 is 0 Å². The van der Waals surface area contributed by atoms with Crippen molar-refractivity contribution in [1.29, 1.82) is 0 Å². The molecule has 0 aliphatic heterocycles. The van der Waals surface area contributed by atoms with Crippen molar-refractivity contribution in [3.63, 3.8) is 0 Å². The smallest absolute Gasteiger partial charge is 0.255 e. The van der Waals surface area contributed by atoms with Crippen LogP contribution in [-0.2, 0) is 0 Å². The summed E-state index contributed by atoms with van der Waals surface area (Å²) >= 11 is 6.05. The van der Waals surface area contributed by atoms with Crippen LogP contribution in [0.25, 0.3) is 0 Å². The maximum Gasteiger partial charge on any atom is 0.255 e. The van der Waals surface area contributed by atoms with Crippen LogP contribution in [0.5, 0.6) is 0 Å². The molecule has 1 amide bonds. The summed E-state index contributed by atoms with van der Waals surface area (Å²) in [5.41, 5.74) is 6.53. The van der Waals surface area contributed by atoms with Gasteiger partial charge in [0, 0.05) is 11.2 Å². The van der Waals surface area contributed by atoms with Gasteiger partial charge in [-0.2, -0.15) is 0 Å². The highest BCUT2D eigenvalue weighted by Gasteiger charge is 2.29. The van der Waals surface area contributed by atoms with Gasteiger partial charge in [-0.1, -0.05) is 36.9 Å². The molecule has 0 spiro atoms. The average Bonchev–Trinajstić information content (AvgIpc) is 2.28. The van der Waals surface area contributed by atoms with Crippen molar-refractivity contribution in [2.24, 2.45) is 0 Å². The number of benzene rings is 1. The van der Waals surface area contributed by atoms with Gasteiger partial charge in [0.1, 0.15) is 0 Å². The monoisotopic (exact) mass is 266 g/mol. The van der Waals surface area contributed by atoms with Crippen molar-refractivity contribution in [3.8, 4) is 0 Å². The van der Waals surface area contributed by atoms with E-state index in [2.05, 4.69) is 12.2 Å². The van der Waals surface area contributed by atoms with Gasteiger partial charge in [0.05, 0.1) is 10.6 Å². The molecule has 98 valence electrons. The molecule has 1 aliphatic rings. The Morgan fingerprint density at radius 3 is 2.61 bits per heavy atom. The van der Waals surface area contributed by atoms with Crippen molar-refractivity contribution >= 4 is 23.2 Å². The minimum absolute atomic E-state index is 0.124. The van der Waals surface area contributed by atoms with Crippen molar-refractivity contribution in [3.05, 3.63) is 28.8 Å². The van der Waals surface area contributed by atoms with Gasteiger partial charge in [-0.3, -0.25) is 4.79 Å². The molecule has 1 aromatic carbocycles. The van der Waals surface area contributed by atoms with E-state index in [4.69, 9.17) is 17.3 Å². The molecular formula is C14H19ClN2O. The second-order valence-corrected chi connectivity index (χ2v) is 5.69. The lowest BCUT2D eigenvalue weighted by Gasteiger charge is -2.34. The normalized spacial score (nSPS) is 18.3. The first-order chi connectivity index (χ1) is 8.52. The van der Waals surface area contributed by atoms with Crippen LogP contribution in [-0.4, -0.2) is 11.4 Å². The molecule has 0 saturated heterocycles. The highest BCUT2D eigenvalue weighted by Crippen LogP contribution is 2.29. The third-order valence-electron chi connectivity index (χ3n) is 3.65. The number of nitrogens with two attached hydrogens (primary N) is 1. The molecule has 0 unspecified atom stereocenters. The number of nitrogens with one attached hydrogen (secondary N) is 1. The minimum Gasteiger partial charge on any atom is -0.398 e. The summed E-state index contributed by atoms with van der Waals surface area (Å²) < 4.78 is 0. The standard InChI is InChI=1S/C14H19ClN2O/c1-14(8-3-2-4-9-14)17-13(18)12-10(15)6-5-7-11(12)16/h5-7H,2-4,8-9,16H2,1H3,(H,17,18). The van der Waals surface area contributed by atoms with Gasteiger partial charge < -0.3 is 11.1 Å². The SMILES string of the molecule is CC1(NC(=O)c2c(N)cccc2Cl)CCCCC1. The van der Waals surface area contributed by atoms with Crippen LogP contribution in [0.4, 0.5) is 5.69 Å². The first-order valence-corrected chi connectivity index (χ1v) is 6.76. The summed E-state index contributed by atoms with van der Waals surface area (Å²) in [6, 6.07) is 5.14. The number of carbonyl (C=O) groups excluding carboxylic acids is 1. The molecule has 0 radical (unpaired) electrons. The maximum atomic E-state index is 12.3. The predicted octanol–water partition coefficient (Wildman–Crippen LogP) is 3.37. The Bertz CT molecular complexity index is 433. The summed E-state index contributed by atoms with van der Waals surface area (Å²) in [6.45, 7) is 2.09. The number of hydrogen-bond donors (Lipinski definition) is 2. The lowest BCUT2D eigenvalue weighted by atomic mass is 9.83. The number of carbonyl (C=O) groups is 1. The Morgan fingerprint density at radius 2 is 2.00 bits per heavy atom. The maximum absolute atomic E-state index is 12.3. The lowest BCUT2D eigenvalue weighted by Crippen LogP contribution is -2.47. The molecule has 4 heteroatoms. The molecule has 3 nitrogen and oxygen atoms in total. The number of rotatable bonds is 2. The van der Waals surface area contributed by atoms with Crippen molar-refractivity contribution in [1.82, 2.24) is 5.32 Å². The second kappa shape index (κ2) is 5.19. The number of anilines is 1. The Balaban J connectivity index is 2.17. The van der Waals surface area contributed by atoms with E-state index in [0.717, 1.165) is 25.7 Å². The fraction of sp³-hybridized carbons (Fsp3) is 0.500. The van der Waals surface area contributed by atoms with E-state index in [1.54, 1.807) is 18.2 Å². The van der Waals surface area contributed by atoms with E-state index >= 15 is 0 Å². The quantitative estimate of drug-likeness (QED) is 0.807. The van der Waals surface area contributed by atoms with Gasteiger partial charge in [0.2, 0.25) is 0 Å². The van der Waals surface area contributed by atoms with Crippen LogP contribution >= 0.6 is 11.6 Å². The Morgan fingerprint density at radius 1 is 1.33 bits per heavy atom. The molecule has 3 N–H and O–H groups in total. The number of amides is 1. The number of nitrogen functional groups attached to an aromatic ring is 1. The molecule has 0 heterocycles. The van der Waals surface area contributed by atoms with E-state index in [1.165, 1.54) is 6.42 Å². The molecule has 0 aromatic heterocycles. The number of hydrogen-bond acceptors (Lipinski definition) is 2. The zero-order valence-corrected chi connectivity index (χ0v) is 11.4. The van der Waals surface area contributed by atoms with Gasteiger partial charge in [-0.25, -0.2) is 0 Å². The first kappa shape index (κ1) is 13.2. The summed E-state index contributed by atoms with van der Waals surface area (Å²) in [6.07, 6.45) is 5.61. The topological polar surface area (TPSA) is 55.1 Å². The third-order valence-corrected chi connectivity index (χ3v) is 3.96. The van der Waals surface area contributed by atoms with Crippen LogP contribution in [0, 0.1) is 0 Å². The molecule has 2 rings (SSSR count). The van der Waals surface area contributed by atoms with E-state index in [-0.39, 0.29) is 11.4 Å². The Labute approximate surface area is 113 Å². The van der Waals surface area contributed by atoms with Crippen LogP contribution in [0.15, 0.2) is 18.2 Å². The van der Waals surface area contributed by atoms with Gasteiger partial charge in [0.15, 0.2) is 0 Å². The summed E-state index contributed by atoms with van der Waals surface area (Å²) in [4.78, 5) is 12.3. The van der Waals surface area contributed by atoms with Crippen LogP contribution in [0.2, 0.25) is 5.02 Å².